The second-order valence-corrected chi connectivity index (χ2v) is 6.94. The lowest BCUT2D eigenvalue weighted by atomic mass is 10.2. The third kappa shape index (κ3) is 3.27. The molecule has 2 aliphatic heterocycles. The van der Waals surface area contributed by atoms with Crippen molar-refractivity contribution in [3.8, 4) is 0 Å². The fraction of sp³-hybridized carbons (Fsp3) is 0.667. The van der Waals surface area contributed by atoms with Crippen LogP contribution >= 0.6 is 11.3 Å². The van der Waals surface area contributed by atoms with Gasteiger partial charge in [-0.3, -0.25) is 0 Å². The van der Waals surface area contributed by atoms with E-state index in [4.69, 9.17) is 9.47 Å². The van der Waals surface area contributed by atoms with Crippen molar-refractivity contribution < 1.29 is 14.3 Å². The molecular weight excluding hydrogens is 302 g/mol. The molecule has 0 aromatic carbocycles. The molecule has 3 rings (SSSR count). The van der Waals surface area contributed by atoms with Gasteiger partial charge in [0, 0.05) is 24.4 Å². The summed E-state index contributed by atoms with van der Waals surface area (Å²) >= 11 is 1.71. The third-order valence-electron chi connectivity index (χ3n) is 4.24. The Hall–Kier alpha value is -1.15. The first kappa shape index (κ1) is 15.7. The summed E-state index contributed by atoms with van der Waals surface area (Å²) in [6, 6.07) is 4.29. The number of ether oxygens (including phenoxy) is 2. The summed E-state index contributed by atoms with van der Waals surface area (Å²) in [5.74, 6) is -0.550. The van der Waals surface area contributed by atoms with Gasteiger partial charge < -0.3 is 24.6 Å². The molecule has 6 nitrogen and oxygen atoms in total. The van der Waals surface area contributed by atoms with E-state index in [0.29, 0.717) is 32.8 Å². The van der Waals surface area contributed by atoms with Crippen LogP contribution in [0.25, 0.3) is 0 Å². The summed E-state index contributed by atoms with van der Waals surface area (Å²) in [6.45, 7) is 3.03. The summed E-state index contributed by atoms with van der Waals surface area (Å²) in [6.07, 6.45) is 0.752. The number of hydrogen-bond donors (Lipinski definition) is 1. The van der Waals surface area contributed by atoms with Gasteiger partial charge in [0.05, 0.1) is 25.8 Å². The number of rotatable bonds is 4. The zero-order chi connectivity index (χ0) is 15.6. The van der Waals surface area contributed by atoms with Crippen molar-refractivity contribution in [2.24, 2.45) is 0 Å². The van der Waals surface area contributed by atoms with Crippen molar-refractivity contribution in [1.29, 1.82) is 0 Å². The molecule has 2 amide bonds. The Morgan fingerprint density at radius 1 is 1.50 bits per heavy atom. The van der Waals surface area contributed by atoms with E-state index in [2.05, 4.69) is 21.7 Å². The van der Waals surface area contributed by atoms with Gasteiger partial charge in [-0.1, -0.05) is 6.07 Å². The molecular formula is C15H23N3O3S. The molecule has 2 saturated heterocycles. The molecule has 7 heteroatoms. The quantitative estimate of drug-likeness (QED) is 0.912. The van der Waals surface area contributed by atoms with E-state index in [1.54, 1.807) is 16.2 Å². The minimum atomic E-state index is -0.550. The Bertz CT molecular complexity index is 500. The Morgan fingerprint density at radius 2 is 2.27 bits per heavy atom. The van der Waals surface area contributed by atoms with Gasteiger partial charge in [0.1, 0.15) is 0 Å². The maximum absolute atomic E-state index is 12.4. The zero-order valence-corrected chi connectivity index (χ0v) is 13.9. The van der Waals surface area contributed by atoms with Crippen LogP contribution in [0.15, 0.2) is 17.5 Å². The SMILES string of the molecule is CN(C)C(CNC(=O)N1CCC2(C1)OCCO2)c1cccs1. The van der Waals surface area contributed by atoms with Gasteiger partial charge in [0.25, 0.3) is 0 Å². The third-order valence-corrected chi connectivity index (χ3v) is 5.21. The van der Waals surface area contributed by atoms with Crippen molar-refractivity contribution in [2.45, 2.75) is 18.2 Å². The van der Waals surface area contributed by atoms with E-state index < -0.39 is 5.79 Å². The molecule has 1 unspecified atom stereocenters. The molecule has 0 saturated carbocycles. The Morgan fingerprint density at radius 3 is 2.91 bits per heavy atom. The number of hydrogen-bond acceptors (Lipinski definition) is 5. The van der Waals surface area contributed by atoms with Gasteiger partial charge >= 0.3 is 6.03 Å². The number of carbonyl (C=O) groups is 1. The highest BCUT2D eigenvalue weighted by molar-refractivity contribution is 7.10. The lowest BCUT2D eigenvalue weighted by Crippen LogP contribution is -2.44. The van der Waals surface area contributed by atoms with Gasteiger partial charge in [-0.25, -0.2) is 4.79 Å². The highest BCUT2D eigenvalue weighted by atomic mass is 32.1. The van der Waals surface area contributed by atoms with Gasteiger partial charge in [0.15, 0.2) is 5.79 Å². The van der Waals surface area contributed by atoms with Crippen molar-refractivity contribution >= 4 is 17.4 Å². The molecule has 22 heavy (non-hydrogen) atoms. The standard InChI is InChI=1S/C15H23N3O3S/c1-17(2)12(13-4-3-9-22-13)10-16-14(19)18-6-5-15(11-18)20-7-8-21-15/h3-4,9,12H,5-8,10-11H2,1-2H3,(H,16,19). The Balaban J connectivity index is 1.53. The highest BCUT2D eigenvalue weighted by Crippen LogP contribution is 2.30. The lowest BCUT2D eigenvalue weighted by Gasteiger charge is -2.26. The zero-order valence-electron chi connectivity index (χ0n) is 13.1. The van der Waals surface area contributed by atoms with E-state index in [0.717, 1.165) is 6.42 Å². The van der Waals surface area contributed by atoms with Crippen LogP contribution in [0.4, 0.5) is 4.79 Å². The number of thiophene rings is 1. The molecule has 2 aliphatic rings. The van der Waals surface area contributed by atoms with Crippen LogP contribution in [0.2, 0.25) is 0 Å². The van der Waals surface area contributed by atoms with Crippen LogP contribution in [-0.2, 0) is 9.47 Å². The molecule has 1 aromatic heterocycles. The molecule has 2 fully saturated rings. The Labute approximate surface area is 135 Å². The number of likely N-dealkylation sites (N-methyl/N-ethyl adjacent to an activating group) is 1. The van der Waals surface area contributed by atoms with Crippen molar-refractivity contribution in [3.05, 3.63) is 22.4 Å². The molecule has 1 N–H and O–H groups in total. The first-order valence-corrected chi connectivity index (χ1v) is 8.48. The number of amides is 2. The van der Waals surface area contributed by atoms with Crippen LogP contribution in [-0.4, -0.2) is 68.6 Å². The fourth-order valence-corrected chi connectivity index (χ4v) is 3.90. The Kier molecular flexibility index (Phi) is 4.67. The minimum absolute atomic E-state index is 0.0422. The largest absolute Gasteiger partial charge is 0.346 e. The van der Waals surface area contributed by atoms with Crippen molar-refractivity contribution in [2.75, 3.05) is 46.9 Å². The molecule has 1 spiro atoms. The lowest BCUT2D eigenvalue weighted by molar-refractivity contribution is -0.143. The number of likely N-dealkylation sites (tertiary alicyclic amines) is 1. The molecule has 0 aliphatic carbocycles. The monoisotopic (exact) mass is 325 g/mol. The van der Waals surface area contributed by atoms with E-state index in [-0.39, 0.29) is 12.1 Å². The number of nitrogens with one attached hydrogen (secondary N) is 1. The van der Waals surface area contributed by atoms with E-state index >= 15 is 0 Å². The smallest absolute Gasteiger partial charge is 0.317 e. The van der Waals surface area contributed by atoms with Crippen LogP contribution in [0.1, 0.15) is 17.3 Å². The summed E-state index contributed by atoms with van der Waals surface area (Å²) < 4.78 is 11.3. The predicted octanol–water partition coefficient (Wildman–Crippen LogP) is 1.51. The van der Waals surface area contributed by atoms with E-state index in [9.17, 15) is 4.79 Å². The van der Waals surface area contributed by atoms with Crippen molar-refractivity contribution in [3.63, 3.8) is 0 Å². The van der Waals surface area contributed by atoms with Gasteiger partial charge in [-0.2, -0.15) is 0 Å². The van der Waals surface area contributed by atoms with Crippen LogP contribution < -0.4 is 5.32 Å². The van der Waals surface area contributed by atoms with E-state index in [1.165, 1.54) is 4.88 Å². The first-order chi connectivity index (χ1) is 10.6. The molecule has 3 heterocycles. The molecule has 0 bridgehead atoms. The summed E-state index contributed by atoms with van der Waals surface area (Å²) in [4.78, 5) is 17.5. The molecule has 1 aromatic rings. The minimum Gasteiger partial charge on any atom is -0.346 e. The molecule has 122 valence electrons. The number of urea groups is 1. The number of nitrogens with zero attached hydrogens (tertiary/aromatic N) is 2. The molecule has 1 atom stereocenters. The normalized spacial score (nSPS) is 21.7. The van der Waals surface area contributed by atoms with E-state index in [1.807, 2.05) is 20.2 Å². The highest BCUT2D eigenvalue weighted by Gasteiger charge is 2.44. The summed E-state index contributed by atoms with van der Waals surface area (Å²) in [5.41, 5.74) is 0. The average Bonchev–Trinajstić information content (AvgIpc) is 3.23. The maximum atomic E-state index is 12.4. The average molecular weight is 325 g/mol. The summed E-state index contributed by atoms with van der Waals surface area (Å²) in [7, 11) is 4.06. The van der Waals surface area contributed by atoms with Crippen molar-refractivity contribution in [1.82, 2.24) is 15.1 Å². The first-order valence-electron chi connectivity index (χ1n) is 7.60. The fourth-order valence-electron chi connectivity index (χ4n) is 2.97. The second kappa shape index (κ2) is 6.54. The summed E-state index contributed by atoms with van der Waals surface area (Å²) in [5, 5.41) is 5.10. The predicted molar refractivity (Wildman–Crippen MR) is 85.0 cm³/mol. The van der Waals surface area contributed by atoms with Crippen LogP contribution in [0.5, 0.6) is 0 Å². The molecule has 0 radical (unpaired) electrons. The van der Waals surface area contributed by atoms with Crippen LogP contribution in [0.3, 0.4) is 0 Å². The van der Waals surface area contributed by atoms with Gasteiger partial charge in [-0.15, -0.1) is 11.3 Å². The number of carbonyl (C=O) groups excluding carboxylic acids is 1. The topological polar surface area (TPSA) is 54.0 Å². The van der Waals surface area contributed by atoms with Crippen LogP contribution in [0, 0.1) is 0 Å². The second-order valence-electron chi connectivity index (χ2n) is 5.96. The maximum Gasteiger partial charge on any atom is 0.317 e. The van der Waals surface area contributed by atoms with Gasteiger partial charge in [0.2, 0.25) is 0 Å². The van der Waals surface area contributed by atoms with Gasteiger partial charge in [-0.05, 0) is 25.5 Å².